The predicted octanol–water partition coefficient (Wildman–Crippen LogP) is 3.16. The lowest BCUT2D eigenvalue weighted by molar-refractivity contribution is 0.0914. The molecule has 0 unspecified atom stereocenters. The molecule has 0 spiro atoms. The van der Waals surface area contributed by atoms with Crippen LogP contribution in [0.4, 0.5) is 0 Å². The number of benzene rings is 1. The summed E-state index contributed by atoms with van der Waals surface area (Å²) >= 11 is 0. The van der Waals surface area contributed by atoms with E-state index >= 15 is 0 Å². The molecule has 0 aliphatic rings. The van der Waals surface area contributed by atoms with Crippen molar-refractivity contribution in [2.24, 2.45) is 0 Å². The van der Waals surface area contributed by atoms with Crippen LogP contribution in [0.2, 0.25) is 0 Å². The molecule has 134 valence electrons. The number of hydrogen-bond acceptors (Lipinski definition) is 5. The highest BCUT2D eigenvalue weighted by Crippen LogP contribution is 2.18. The Hall–Kier alpha value is -3.74. The van der Waals surface area contributed by atoms with Crippen molar-refractivity contribution in [3.8, 4) is 17.1 Å². The highest BCUT2D eigenvalue weighted by molar-refractivity contribution is 5.92. The lowest BCUT2D eigenvalue weighted by Gasteiger charge is -2.07. The number of hydrogen-bond donors (Lipinski definition) is 1. The lowest BCUT2D eigenvalue weighted by atomic mass is 10.1. The number of aromatic nitrogens is 4. The second kappa shape index (κ2) is 7.25. The summed E-state index contributed by atoms with van der Waals surface area (Å²) in [6.07, 6.45) is 5.28. The molecule has 0 atom stereocenters. The van der Waals surface area contributed by atoms with E-state index < -0.39 is 0 Å². The molecule has 0 bridgehead atoms. The number of carbonyl (C=O) groups is 1. The largest absolute Gasteiger partial charge is 0.350 e. The van der Waals surface area contributed by atoms with Gasteiger partial charge in [-0.2, -0.15) is 0 Å². The van der Waals surface area contributed by atoms with Gasteiger partial charge in [-0.3, -0.25) is 9.36 Å². The van der Waals surface area contributed by atoms with Gasteiger partial charge in [0, 0.05) is 36.8 Å². The fourth-order valence-corrected chi connectivity index (χ4v) is 2.72. The minimum atomic E-state index is -0.318. The van der Waals surface area contributed by atoms with Gasteiger partial charge >= 0.3 is 0 Å². The van der Waals surface area contributed by atoms with Crippen LogP contribution in [0.1, 0.15) is 21.9 Å². The zero-order chi connectivity index (χ0) is 18.6. The third kappa shape index (κ3) is 3.62. The molecule has 0 aliphatic heterocycles. The molecule has 4 aromatic rings. The van der Waals surface area contributed by atoms with Crippen LogP contribution in [0.5, 0.6) is 0 Å². The van der Waals surface area contributed by atoms with Gasteiger partial charge in [-0.25, -0.2) is 9.97 Å². The molecule has 7 nitrogen and oxygen atoms in total. The smallest absolute Gasteiger partial charge is 0.290 e. The van der Waals surface area contributed by atoms with Gasteiger partial charge in [0.1, 0.15) is 17.3 Å². The van der Waals surface area contributed by atoms with Crippen LogP contribution in [0.25, 0.3) is 17.1 Å². The zero-order valence-corrected chi connectivity index (χ0v) is 14.7. The van der Waals surface area contributed by atoms with Gasteiger partial charge in [0.15, 0.2) is 0 Å². The van der Waals surface area contributed by atoms with Crippen LogP contribution < -0.4 is 5.32 Å². The number of nitrogens with zero attached hydrogens (tertiary/aromatic N) is 4. The topological polar surface area (TPSA) is 85.8 Å². The number of rotatable bonds is 5. The van der Waals surface area contributed by atoms with Crippen molar-refractivity contribution in [1.29, 1.82) is 0 Å². The Labute approximate surface area is 155 Å². The molecule has 4 rings (SSSR count). The quantitative estimate of drug-likeness (QED) is 0.591. The summed E-state index contributed by atoms with van der Waals surface area (Å²) in [5, 5.41) is 6.81. The van der Waals surface area contributed by atoms with Crippen molar-refractivity contribution in [2.45, 2.75) is 13.5 Å². The third-order valence-electron chi connectivity index (χ3n) is 4.14. The van der Waals surface area contributed by atoms with Crippen LogP contribution in [0.15, 0.2) is 71.6 Å². The van der Waals surface area contributed by atoms with Crippen LogP contribution in [-0.2, 0) is 6.54 Å². The minimum Gasteiger partial charge on any atom is -0.350 e. The molecule has 0 aliphatic carbocycles. The molecule has 1 amide bonds. The highest BCUT2D eigenvalue weighted by atomic mass is 16.5. The fourth-order valence-electron chi connectivity index (χ4n) is 2.72. The van der Waals surface area contributed by atoms with Crippen molar-refractivity contribution < 1.29 is 9.32 Å². The Kier molecular flexibility index (Phi) is 4.49. The van der Waals surface area contributed by atoms with E-state index in [-0.39, 0.29) is 11.7 Å². The molecule has 0 fully saturated rings. The van der Waals surface area contributed by atoms with Crippen LogP contribution >= 0.6 is 0 Å². The monoisotopic (exact) mass is 359 g/mol. The first-order chi connectivity index (χ1) is 13.2. The summed E-state index contributed by atoms with van der Waals surface area (Å²) in [6, 6.07) is 15.0. The van der Waals surface area contributed by atoms with Crippen molar-refractivity contribution in [1.82, 2.24) is 25.0 Å². The SMILES string of the molecule is Cc1nccn1-c1cc(CNC(=O)c2cc(-c3ccccc3)no2)ccn1. The van der Waals surface area contributed by atoms with Crippen molar-refractivity contribution in [3.05, 3.63) is 84.3 Å². The normalized spacial score (nSPS) is 10.7. The number of imidazole rings is 1. The molecule has 7 heteroatoms. The Morgan fingerprint density at radius 3 is 2.74 bits per heavy atom. The molecule has 1 aromatic carbocycles. The molecule has 3 heterocycles. The molecule has 0 radical (unpaired) electrons. The van der Waals surface area contributed by atoms with Gasteiger partial charge in [0.25, 0.3) is 5.91 Å². The maximum absolute atomic E-state index is 12.4. The van der Waals surface area contributed by atoms with Crippen LogP contribution in [-0.4, -0.2) is 25.6 Å². The fraction of sp³-hybridized carbons (Fsp3) is 0.100. The van der Waals surface area contributed by atoms with E-state index in [0.717, 1.165) is 22.8 Å². The number of pyridine rings is 1. The van der Waals surface area contributed by atoms with Crippen molar-refractivity contribution in [3.63, 3.8) is 0 Å². The van der Waals surface area contributed by atoms with E-state index in [2.05, 4.69) is 20.4 Å². The van der Waals surface area contributed by atoms with Crippen molar-refractivity contribution in [2.75, 3.05) is 0 Å². The van der Waals surface area contributed by atoms with Gasteiger partial charge in [-0.05, 0) is 24.6 Å². The molecule has 0 saturated carbocycles. The second-order valence-corrected chi connectivity index (χ2v) is 5.99. The molecule has 27 heavy (non-hydrogen) atoms. The maximum atomic E-state index is 12.4. The molecule has 0 saturated heterocycles. The summed E-state index contributed by atoms with van der Waals surface area (Å²) in [5.74, 6) is 1.46. The molecule has 1 N–H and O–H groups in total. The van der Waals surface area contributed by atoms with Gasteiger partial charge in [0.05, 0.1) is 0 Å². The van der Waals surface area contributed by atoms with E-state index in [4.69, 9.17) is 4.52 Å². The summed E-state index contributed by atoms with van der Waals surface area (Å²) in [4.78, 5) is 20.9. The third-order valence-corrected chi connectivity index (χ3v) is 4.14. The van der Waals surface area contributed by atoms with Gasteiger partial charge in [-0.15, -0.1) is 0 Å². The zero-order valence-electron chi connectivity index (χ0n) is 14.7. The summed E-state index contributed by atoms with van der Waals surface area (Å²) in [5.41, 5.74) is 2.45. The summed E-state index contributed by atoms with van der Waals surface area (Å²) in [6.45, 7) is 2.26. The van der Waals surface area contributed by atoms with Crippen molar-refractivity contribution >= 4 is 5.91 Å². The van der Waals surface area contributed by atoms with Gasteiger partial charge in [-0.1, -0.05) is 35.5 Å². The Bertz CT molecular complexity index is 1070. The summed E-state index contributed by atoms with van der Waals surface area (Å²) in [7, 11) is 0. The Morgan fingerprint density at radius 2 is 1.96 bits per heavy atom. The first-order valence-corrected chi connectivity index (χ1v) is 8.46. The van der Waals surface area contributed by atoms with E-state index in [1.165, 1.54) is 0 Å². The minimum absolute atomic E-state index is 0.175. The second-order valence-electron chi connectivity index (χ2n) is 5.99. The number of aryl methyl sites for hydroxylation is 1. The van der Waals surface area contributed by atoms with Gasteiger partial charge in [0.2, 0.25) is 5.76 Å². The Balaban J connectivity index is 1.44. The average molecular weight is 359 g/mol. The highest BCUT2D eigenvalue weighted by Gasteiger charge is 2.14. The lowest BCUT2D eigenvalue weighted by Crippen LogP contribution is -2.22. The number of nitrogens with one attached hydrogen (secondary N) is 1. The van der Waals surface area contributed by atoms with Crippen LogP contribution in [0, 0.1) is 6.92 Å². The first kappa shape index (κ1) is 16.7. The van der Waals surface area contributed by atoms with Gasteiger partial charge < -0.3 is 9.84 Å². The first-order valence-electron chi connectivity index (χ1n) is 8.46. The standard InChI is InChI=1S/C20H17N5O2/c1-14-21-9-10-25(14)19-11-15(7-8-22-19)13-23-20(26)18-12-17(24-27-18)16-5-3-2-4-6-16/h2-12H,13H2,1H3,(H,23,26). The van der Waals surface area contributed by atoms with E-state index in [9.17, 15) is 4.79 Å². The number of carbonyl (C=O) groups excluding carboxylic acids is 1. The van der Waals surface area contributed by atoms with E-state index in [0.29, 0.717) is 12.2 Å². The maximum Gasteiger partial charge on any atom is 0.290 e. The molecular weight excluding hydrogens is 342 g/mol. The summed E-state index contributed by atoms with van der Waals surface area (Å²) < 4.78 is 7.06. The molecule has 3 aromatic heterocycles. The number of amides is 1. The average Bonchev–Trinajstić information content (AvgIpc) is 3.36. The molecular formula is C20H17N5O2. The van der Waals surface area contributed by atoms with Crippen LogP contribution in [0.3, 0.4) is 0 Å². The van der Waals surface area contributed by atoms with E-state index in [1.54, 1.807) is 18.5 Å². The van der Waals surface area contributed by atoms with E-state index in [1.807, 2.05) is 60.2 Å². The predicted molar refractivity (Wildman–Crippen MR) is 99.2 cm³/mol. The Morgan fingerprint density at radius 1 is 1.11 bits per heavy atom.